The minimum atomic E-state index is -0.170. The van der Waals surface area contributed by atoms with Crippen LogP contribution in [0, 0.1) is 0 Å². The van der Waals surface area contributed by atoms with Gasteiger partial charge in [0.1, 0.15) is 6.54 Å². The van der Waals surface area contributed by atoms with Crippen LogP contribution >= 0.6 is 0 Å². The molecule has 1 saturated carbocycles. The van der Waals surface area contributed by atoms with Crippen LogP contribution in [0.2, 0.25) is 0 Å². The molecule has 3 N–H and O–H groups in total. The van der Waals surface area contributed by atoms with Gasteiger partial charge in [-0.1, -0.05) is 5.21 Å². The Morgan fingerprint density at radius 1 is 1.52 bits per heavy atom. The number of nitrogens with two attached hydrogens (primary N) is 1. The highest BCUT2D eigenvalue weighted by Gasteiger charge is 2.24. The molecule has 0 aliphatic heterocycles. The number of carbonyl (C=O) groups is 2. The minimum Gasteiger partial charge on any atom is -0.352 e. The number of nitrogens with zero attached hydrogens (tertiary/aromatic N) is 4. The van der Waals surface area contributed by atoms with Gasteiger partial charge >= 0.3 is 0 Å². The molecule has 2 rings (SSSR count). The summed E-state index contributed by atoms with van der Waals surface area (Å²) in [6.07, 6.45) is 5.41. The fraction of sp³-hybridized carbons (Fsp3) is 0.692. The van der Waals surface area contributed by atoms with Crippen molar-refractivity contribution in [1.82, 2.24) is 25.2 Å². The zero-order valence-corrected chi connectivity index (χ0v) is 12.3. The number of aromatic nitrogens is 3. The average molecular weight is 294 g/mol. The first-order valence-corrected chi connectivity index (χ1v) is 7.21. The lowest BCUT2D eigenvalue weighted by Gasteiger charge is -2.16. The summed E-state index contributed by atoms with van der Waals surface area (Å²) >= 11 is 0. The number of nitrogens with one attached hydrogen (secondary N) is 1. The van der Waals surface area contributed by atoms with E-state index in [0.717, 1.165) is 31.4 Å². The highest BCUT2D eigenvalue weighted by molar-refractivity contribution is 5.84. The molecule has 1 heterocycles. The summed E-state index contributed by atoms with van der Waals surface area (Å²) in [6, 6.07) is 0.307. The monoisotopic (exact) mass is 294 g/mol. The molecule has 1 aliphatic rings. The van der Waals surface area contributed by atoms with Crippen LogP contribution in [0.1, 0.15) is 25.0 Å². The third-order valence-corrected chi connectivity index (χ3v) is 3.27. The predicted octanol–water partition coefficient (Wildman–Crippen LogP) is -1.09. The third-order valence-electron chi connectivity index (χ3n) is 3.27. The Morgan fingerprint density at radius 3 is 2.95 bits per heavy atom. The van der Waals surface area contributed by atoms with Crippen LogP contribution in [0.15, 0.2) is 6.20 Å². The van der Waals surface area contributed by atoms with E-state index in [1.54, 1.807) is 13.2 Å². The molecule has 0 bridgehead atoms. The van der Waals surface area contributed by atoms with E-state index in [0.29, 0.717) is 12.6 Å². The molecule has 0 saturated heterocycles. The Kier molecular flexibility index (Phi) is 5.26. The predicted molar refractivity (Wildman–Crippen MR) is 76.2 cm³/mol. The van der Waals surface area contributed by atoms with E-state index in [1.807, 2.05) is 0 Å². The largest absolute Gasteiger partial charge is 0.352 e. The molecule has 0 radical (unpaired) electrons. The highest BCUT2D eigenvalue weighted by Crippen LogP contribution is 2.18. The van der Waals surface area contributed by atoms with Crippen LogP contribution in [0.25, 0.3) is 0 Å². The lowest BCUT2D eigenvalue weighted by Crippen LogP contribution is -2.40. The fourth-order valence-electron chi connectivity index (χ4n) is 1.88. The number of rotatable bonds is 8. The topological polar surface area (TPSA) is 106 Å². The molecule has 1 fully saturated rings. The van der Waals surface area contributed by atoms with E-state index >= 15 is 0 Å². The van der Waals surface area contributed by atoms with Crippen molar-refractivity contribution in [3.63, 3.8) is 0 Å². The molecule has 1 aromatic heterocycles. The summed E-state index contributed by atoms with van der Waals surface area (Å²) in [7, 11) is 1.61. The standard InChI is InChI=1S/C13H22N6O2/c1-18(8-12(20)15-10-4-5-10)13(21)9-19-7-11(16-17-19)3-2-6-14/h7,10H,2-6,8-9,14H2,1H3,(H,15,20). The zero-order valence-electron chi connectivity index (χ0n) is 12.3. The van der Waals surface area contributed by atoms with Gasteiger partial charge in [-0.3, -0.25) is 9.59 Å². The molecule has 21 heavy (non-hydrogen) atoms. The second-order valence-electron chi connectivity index (χ2n) is 5.39. The lowest BCUT2D eigenvalue weighted by atomic mass is 10.2. The summed E-state index contributed by atoms with van der Waals surface area (Å²) in [5.41, 5.74) is 6.26. The van der Waals surface area contributed by atoms with E-state index in [1.165, 1.54) is 9.58 Å². The summed E-state index contributed by atoms with van der Waals surface area (Å²) in [5.74, 6) is -0.285. The normalized spacial score (nSPS) is 14.0. The molecule has 0 aromatic carbocycles. The van der Waals surface area contributed by atoms with Gasteiger partial charge in [0, 0.05) is 19.3 Å². The number of hydrogen-bond donors (Lipinski definition) is 2. The van der Waals surface area contributed by atoms with Gasteiger partial charge in [-0.05, 0) is 32.2 Å². The molecule has 8 nitrogen and oxygen atoms in total. The SMILES string of the molecule is CN(CC(=O)NC1CC1)C(=O)Cn1cc(CCCN)nn1. The quantitative estimate of drug-likeness (QED) is 0.633. The molecule has 8 heteroatoms. The smallest absolute Gasteiger partial charge is 0.244 e. The lowest BCUT2D eigenvalue weighted by molar-refractivity contribution is -0.135. The highest BCUT2D eigenvalue weighted by atomic mass is 16.2. The van der Waals surface area contributed by atoms with E-state index < -0.39 is 0 Å². The number of likely N-dealkylation sites (N-methyl/N-ethyl adjacent to an activating group) is 1. The fourth-order valence-corrected chi connectivity index (χ4v) is 1.88. The van der Waals surface area contributed by atoms with Crippen LogP contribution in [0.5, 0.6) is 0 Å². The van der Waals surface area contributed by atoms with Gasteiger partial charge in [0.2, 0.25) is 11.8 Å². The first-order chi connectivity index (χ1) is 10.1. The Bertz CT molecular complexity index is 497. The van der Waals surface area contributed by atoms with E-state index in [2.05, 4.69) is 15.6 Å². The Labute approximate surface area is 123 Å². The first kappa shape index (κ1) is 15.4. The average Bonchev–Trinajstić information content (AvgIpc) is 3.14. The molecule has 0 spiro atoms. The van der Waals surface area contributed by atoms with E-state index in [9.17, 15) is 9.59 Å². The van der Waals surface area contributed by atoms with Gasteiger partial charge in [0.15, 0.2) is 0 Å². The first-order valence-electron chi connectivity index (χ1n) is 7.21. The Balaban J connectivity index is 1.76. The Hall–Kier alpha value is -1.96. The second kappa shape index (κ2) is 7.16. The molecular formula is C13H22N6O2. The third kappa shape index (κ3) is 5.14. The van der Waals surface area contributed by atoms with E-state index in [-0.39, 0.29) is 24.9 Å². The summed E-state index contributed by atoms with van der Waals surface area (Å²) in [5, 5.41) is 10.7. The second-order valence-corrected chi connectivity index (χ2v) is 5.39. The van der Waals surface area contributed by atoms with Crippen LogP contribution in [-0.2, 0) is 22.6 Å². The Morgan fingerprint density at radius 2 is 2.29 bits per heavy atom. The van der Waals surface area contributed by atoms with E-state index in [4.69, 9.17) is 5.73 Å². The van der Waals surface area contributed by atoms with Crippen molar-refractivity contribution in [3.05, 3.63) is 11.9 Å². The van der Waals surface area contributed by atoms with Crippen LogP contribution in [-0.4, -0.2) is 57.9 Å². The van der Waals surface area contributed by atoms with Crippen molar-refractivity contribution in [1.29, 1.82) is 0 Å². The molecule has 0 atom stereocenters. The summed E-state index contributed by atoms with van der Waals surface area (Å²) in [6.45, 7) is 0.761. The number of aryl methyl sites for hydroxylation is 1. The van der Waals surface area contributed by atoms with Crippen LogP contribution in [0.4, 0.5) is 0 Å². The van der Waals surface area contributed by atoms with Gasteiger partial charge in [-0.15, -0.1) is 5.10 Å². The van der Waals surface area contributed by atoms with Gasteiger partial charge < -0.3 is 16.0 Å². The van der Waals surface area contributed by atoms with Crippen molar-refractivity contribution in [2.24, 2.45) is 5.73 Å². The van der Waals surface area contributed by atoms with Crippen molar-refractivity contribution < 1.29 is 9.59 Å². The number of amides is 2. The molecule has 116 valence electrons. The van der Waals surface area contributed by atoms with Crippen LogP contribution in [0.3, 0.4) is 0 Å². The summed E-state index contributed by atoms with van der Waals surface area (Å²) in [4.78, 5) is 25.0. The maximum Gasteiger partial charge on any atom is 0.244 e. The van der Waals surface area contributed by atoms with Crippen molar-refractivity contribution in [2.45, 2.75) is 38.3 Å². The maximum atomic E-state index is 12.0. The summed E-state index contributed by atoms with van der Waals surface area (Å²) < 4.78 is 1.49. The van der Waals surface area contributed by atoms with Crippen LogP contribution < -0.4 is 11.1 Å². The molecule has 0 unspecified atom stereocenters. The van der Waals surface area contributed by atoms with Crippen molar-refractivity contribution in [2.75, 3.05) is 20.1 Å². The number of hydrogen-bond acceptors (Lipinski definition) is 5. The van der Waals surface area contributed by atoms with Gasteiger partial charge in [0.25, 0.3) is 0 Å². The van der Waals surface area contributed by atoms with Gasteiger partial charge in [-0.2, -0.15) is 0 Å². The van der Waals surface area contributed by atoms with Gasteiger partial charge in [-0.25, -0.2) is 4.68 Å². The molecule has 1 aliphatic carbocycles. The minimum absolute atomic E-state index is 0.0735. The van der Waals surface area contributed by atoms with Gasteiger partial charge in [0.05, 0.1) is 12.2 Å². The molecule has 1 aromatic rings. The van der Waals surface area contributed by atoms with Crippen molar-refractivity contribution >= 4 is 11.8 Å². The van der Waals surface area contributed by atoms with Crippen molar-refractivity contribution in [3.8, 4) is 0 Å². The maximum absolute atomic E-state index is 12.0. The molecular weight excluding hydrogens is 272 g/mol. The molecule has 2 amide bonds. The number of carbonyl (C=O) groups excluding carboxylic acids is 2. The zero-order chi connectivity index (χ0) is 15.2.